The van der Waals surface area contributed by atoms with Gasteiger partial charge in [0.25, 0.3) is 5.91 Å². The van der Waals surface area contributed by atoms with Crippen molar-refractivity contribution < 1.29 is 17.9 Å². The van der Waals surface area contributed by atoms with Crippen molar-refractivity contribution >= 4 is 27.0 Å². The quantitative estimate of drug-likeness (QED) is 0.582. The molecule has 0 spiro atoms. The Morgan fingerprint density at radius 2 is 1.75 bits per heavy atom. The average Bonchev–Trinajstić information content (AvgIpc) is 3.06. The van der Waals surface area contributed by atoms with E-state index in [2.05, 4.69) is 10.1 Å². The number of nitrogens with zero attached hydrogens (tertiary/aromatic N) is 5. The van der Waals surface area contributed by atoms with E-state index in [4.69, 9.17) is 4.74 Å². The van der Waals surface area contributed by atoms with Crippen LogP contribution in [0.5, 0.6) is 5.75 Å². The summed E-state index contributed by atoms with van der Waals surface area (Å²) in [6.07, 6.45) is 0. The van der Waals surface area contributed by atoms with E-state index in [0.717, 1.165) is 16.8 Å². The summed E-state index contributed by atoms with van der Waals surface area (Å²) in [5.74, 6) is 0.501. The number of sulfonamides is 1. The Hall–Kier alpha value is -2.98. The van der Waals surface area contributed by atoms with Crippen molar-refractivity contribution in [2.75, 3.05) is 32.8 Å². The number of benzene rings is 1. The molecule has 1 saturated heterocycles. The Kier molecular flexibility index (Phi) is 5.91. The Morgan fingerprint density at radius 1 is 1.09 bits per heavy atom. The SMILES string of the molecule is CCOc1ccc(S(=O)(=O)N2CCN(C(=O)c3cc(C)nc4c3c(C)nn4C)CC2)cc1. The summed E-state index contributed by atoms with van der Waals surface area (Å²) < 4.78 is 34.6. The number of hydrogen-bond acceptors (Lipinski definition) is 6. The monoisotopic (exact) mass is 457 g/mol. The second-order valence-corrected chi connectivity index (χ2v) is 9.76. The normalized spacial score (nSPS) is 15.3. The van der Waals surface area contributed by atoms with E-state index in [1.54, 1.807) is 47.0 Å². The summed E-state index contributed by atoms with van der Waals surface area (Å²) in [6.45, 7) is 7.20. The van der Waals surface area contributed by atoms with Gasteiger partial charge < -0.3 is 9.64 Å². The lowest BCUT2D eigenvalue weighted by Gasteiger charge is -2.34. The molecule has 1 aliphatic heterocycles. The first-order valence-electron chi connectivity index (χ1n) is 10.6. The van der Waals surface area contributed by atoms with Crippen molar-refractivity contribution in [3.05, 3.63) is 47.3 Å². The van der Waals surface area contributed by atoms with E-state index in [-0.39, 0.29) is 23.9 Å². The molecule has 2 aromatic heterocycles. The van der Waals surface area contributed by atoms with Crippen LogP contribution in [-0.4, -0.2) is 71.1 Å². The lowest BCUT2D eigenvalue weighted by molar-refractivity contribution is 0.0699. The molecule has 1 aliphatic rings. The smallest absolute Gasteiger partial charge is 0.254 e. The molecule has 0 unspecified atom stereocenters. The first-order chi connectivity index (χ1) is 15.2. The highest BCUT2D eigenvalue weighted by Gasteiger charge is 2.31. The number of fused-ring (bicyclic) bond motifs is 1. The van der Waals surface area contributed by atoms with Crippen LogP contribution >= 0.6 is 0 Å². The second kappa shape index (κ2) is 8.51. The van der Waals surface area contributed by atoms with Crippen LogP contribution in [0.2, 0.25) is 0 Å². The van der Waals surface area contributed by atoms with E-state index in [9.17, 15) is 13.2 Å². The fourth-order valence-electron chi connectivity index (χ4n) is 4.06. The van der Waals surface area contributed by atoms with E-state index in [1.807, 2.05) is 20.8 Å². The highest BCUT2D eigenvalue weighted by Crippen LogP contribution is 2.25. The second-order valence-electron chi connectivity index (χ2n) is 7.82. The fraction of sp³-hybridized carbons (Fsp3) is 0.409. The van der Waals surface area contributed by atoms with Gasteiger partial charge in [-0.3, -0.25) is 9.48 Å². The molecule has 3 aromatic rings. The molecule has 170 valence electrons. The molecule has 9 nitrogen and oxygen atoms in total. The number of carbonyl (C=O) groups excluding carboxylic acids is 1. The van der Waals surface area contributed by atoms with E-state index < -0.39 is 10.0 Å². The van der Waals surface area contributed by atoms with Gasteiger partial charge in [-0.2, -0.15) is 9.40 Å². The maximum absolute atomic E-state index is 13.3. The van der Waals surface area contributed by atoms with Gasteiger partial charge >= 0.3 is 0 Å². The third-order valence-electron chi connectivity index (χ3n) is 5.63. The minimum absolute atomic E-state index is 0.130. The number of aromatic nitrogens is 3. The zero-order chi connectivity index (χ0) is 23.0. The van der Waals surface area contributed by atoms with Crippen molar-refractivity contribution in [2.45, 2.75) is 25.7 Å². The molecule has 0 radical (unpaired) electrons. The molecule has 32 heavy (non-hydrogen) atoms. The lowest BCUT2D eigenvalue weighted by atomic mass is 10.1. The summed E-state index contributed by atoms with van der Waals surface area (Å²) in [5, 5.41) is 5.15. The van der Waals surface area contributed by atoms with Crippen LogP contribution in [0, 0.1) is 13.8 Å². The molecule has 3 heterocycles. The minimum atomic E-state index is -3.64. The number of aryl methyl sites for hydroxylation is 3. The lowest BCUT2D eigenvalue weighted by Crippen LogP contribution is -2.50. The standard InChI is InChI=1S/C22H27N5O4S/c1-5-31-17-6-8-18(9-7-17)32(29,30)27-12-10-26(11-13-27)22(28)19-14-15(2)23-21-20(19)16(3)24-25(21)4/h6-9,14H,5,10-13H2,1-4H3. The molecule has 0 saturated carbocycles. The van der Waals surface area contributed by atoms with Crippen molar-refractivity contribution in [3.8, 4) is 5.75 Å². The number of piperazine rings is 1. The number of pyridine rings is 1. The minimum Gasteiger partial charge on any atom is -0.494 e. The van der Waals surface area contributed by atoms with Gasteiger partial charge in [0.1, 0.15) is 5.75 Å². The zero-order valence-electron chi connectivity index (χ0n) is 18.7. The Bertz CT molecular complexity index is 1260. The van der Waals surface area contributed by atoms with Crippen LogP contribution in [0.4, 0.5) is 0 Å². The van der Waals surface area contributed by atoms with Crippen molar-refractivity contribution in [3.63, 3.8) is 0 Å². The summed E-state index contributed by atoms with van der Waals surface area (Å²) in [5.41, 5.74) is 2.71. The first-order valence-corrected chi connectivity index (χ1v) is 12.0. The van der Waals surface area contributed by atoms with Gasteiger partial charge in [0.05, 0.1) is 28.1 Å². The molecule has 0 bridgehead atoms. The van der Waals surface area contributed by atoms with Gasteiger partial charge in [-0.25, -0.2) is 13.4 Å². The molecule has 0 N–H and O–H groups in total. The van der Waals surface area contributed by atoms with Crippen LogP contribution in [0.3, 0.4) is 0 Å². The van der Waals surface area contributed by atoms with Crippen molar-refractivity contribution in [2.24, 2.45) is 7.05 Å². The van der Waals surface area contributed by atoms with Crippen LogP contribution < -0.4 is 4.74 Å². The maximum atomic E-state index is 13.3. The highest BCUT2D eigenvalue weighted by molar-refractivity contribution is 7.89. The van der Waals surface area contributed by atoms with Crippen LogP contribution in [0.1, 0.15) is 28.7 Å². The molecular weight excluding hydrogens is 430 g/mol. The van der Waals surface area contributed by atoms with E-state index in [1.165, 1.54) is 4.31 Å². The molecule has 1 aromatic carbocycles. The molecule has 0 aliphatic carbocycles. The molecule has 10 heteroatoms. The van der Waals surface area contributed by atoms with E-state index in [0.29, 0.717) is 36.7 Å². The number of amides is 1. The van der Waals surface area contributed by atoms with Crippen LogP contribution in [-0.2, 0) is 17.1 Å². The third kappa shape index (κ3) is 3.95. The predicted octanol–water partition coefficient (Wildman–Crippen LogP) is 2.13. The first kappa shape index (κ1) is 22.2. The predicted molar refractivity (Wildman–Crippen MR) is 120 cm³/mol. The Morgan fingerprint density at radius 3 is 2.38 bits per heavy atom. The van der Waals surface area contributed by atoms with Crippen LogP contribution in [0.15, 0.2) is 35.2 Å². The highest BCUT2D eigenvalue weighted by atomic mass is 32.2. The number of rotatable bonds is 5. The summed E-state index contributed by atoms with van der Waals surface area (Å²) in [6, 6.07) is 8.20. The molecule has 1 fully saturated rings. The Labute approximate surface area is 187 Å². The molecular formula is C22H27N5O4S. The molecule has 1 amide bonds. The number of ether oxygens (including phenoxy) is 1. The van der Waals surface area contributed by atoms with Gasteiger partial charge in [-0.15, -0.1) is 0 Å². The van der Waals surface area contributed by atoms with E-state index >= 15 is 0 Å². The zero-order valence-corrected chi connectivity index (χ0v) is 19.5. The summed E-state index contributed by atoms with van der Waals surface area (Å²) in [4.78, 5) is 19.8. The number of hydrogen-bond donors (Lipinski definition) is 0. The van der Waals surface area contributed by atoms with Crippen molar-refractivity contribution in [1.29, 1.82) is 0 Å². The topological polar surface area (TPSA) is 97.6 Å². The van der Waals surface area contributed by atoms with Crippen molar-refractivity contribution in [1.82, 2.24) is 24.0 Å². The third-order valence-corrected chi connectivity index (χ3v) is 7.54. The fourth-order valence-corrected chi connectivity index (χ4v) is 5.49. The summed E-state index contributed by atoms with van der Waals surface area (Å²) >= 11 is 0. The Balaban J connectivity index is 1.51. The van der Waals surface area contributed by atoms with Gasteiger partial charge in [0.15, 0.2) is 5.65 Å². The van der Waals surface area contributed by atoms with Gasteiger partial charge in [-0.1, -0.05) is 0 Å². The van der Waals surface area contributed by atoms with Gasteiger partial charge in [-0.05, 0) is 51.1 Å². The molecule has 4 rings (SSSR count). The number of carbonyl (C=O) groups is 1. The molecule has 0 atom stereocenters. The van der Waals surface area contributed by atoms with Gasteiger partial charge in [0, 0.05) is 38.9 Å². The van der Waals surface area contributed by atoms with Crippen LogP contribution in [0.25, 0.3) is 11.0 Å². The average molecular weight is 458 g/mol. The maximum Gasteiger partial charge on any atom is 0.254 e. The van der Waals surface area contributed by atoms with Gasteiger partial charge in [0.2, 0.25) is 10.0 Å². The largest absolute Gasteiger partial charge is 0.494 e. The summed E-state index contributed by atoms with van der Waals surface area (Å²) in [7, 11) is -1.83.